The van der Waals surface area contributed by atoms with Crippen LogP contribution < -0.4 is 10.5 Å². The lowest BCUT2D eigenvalue weighted by Crippen LogP contribution is -2.08. The number of hydrogen-bond donors (Lipinski definition) is 1. The molecule has 108 valence electrons. The molecular formula is C16H21NO2S. The van der Waals surface area contributed by atoms with E-state index in [0.717, 1.165) is 29.4 Å². The Bertz CT molecular complexity index is 487. The van der Waals surface area contributed by atoms with E-state index in [9.17, 15) is 0 Å². The summed E-state index contributed by atoms with van der Waals surface area (Å²) in [5.41, 5.74) is 7.57. The maximum absolute atomic E-state index is 5.64. The summed E-state index contributed by atoms with van der Waals surface area (Å²) < 4.78 is 11.0. The Balaban J connectivity index is 1.96. The van der Waals surface area contributed by atoms with Crippen molar-refractivity contribution in [1.29, 1.82) is 0 Å². The summed E-state index contributed by atoms with van der Waals surface area (Å²) in [6.45, 7) is 1.30. The van der Waals surface area contributed by atoms with Crippen LogP contribution in [0.25, 0.3) is 0 Å². The molecule has 1 aliphatic heterocycles. The summed E-state index contributed by atoms with van der Waals surface area (Å²) in [5, 5.41) is 0. The van der Waals surface area contributed by atoms with Gasteiger partial charge in [-0.15, -0.1) is 0 Å². The van der Waals surface area contributed by atoms with Gasteiger partial charge >= 0.3 is 0 Å². The second kappa shape index (κ2) is 8.21. The summed E-state index contributed by atoms with van der Waals surface area (Å²) in [6, 6.07) is 6.03. The normalized spacial score (nSPS) is 17.6. The molecule has 0 radical (unpaired) electrons. The highest BCUT2D eigenvalue weighted by Crippen LogP contribution is 2.26. The van der Waals surface area contributed by atoms with Gasteiger partial charge in [-0.2, -0.15) is 11.8 Å². The van der Waals surface area contributed by atoms with Crippen molar-refractivity contribution in [1.82, 2.24) is 0 Å². The minimum absolute atomic E-state index is 0.384. The van der Waals surface area contributed by atoms with Gasteiger partial charge in [-0.05, 0) is 31.0 Å². The minimum atomic E-state index is 0.384. The topological polar surface area (TPSA) is 44.5 Å². The summed E-state index contributed by atoms with van der Waals surface area (Å²) in [6.07, 6.45) is 2.80. The molecule has 1 aliphatic rings. The molecule has 0 bridgehead atoms. The van der Waals surface area contributed by atoms with Crippen molar-refractivity contribution in [3.63, 3.8) is 0 Å². The standard InChI is InChI=1S/C16H21NO2S/c1-18-16-7-6-13(4-2-8-17)10-14(16)11-20-12-15-5-3-9-19-15/h6-7,10,15H,3,5,8-9,11-12,17H2,1H3. The monoisotopic (exact) mass is 291 g/mol. The molecule has 2 rings (SSSR count). The molecule has 20 heavy (non-hydrogen) atoms. The maximum Gasteiger partial charge on any atom is 0.122 e. The Morgan fingerprint density at radius 3 is 3.10 bits per heavy atom. The molecule has 1 fully saturated rings. The van der Waals surface area contributed by atoms with Gasteiger partial charge in [0.2, 0.25) is 0 Å². The van der Waals surface area contributed by atoms with Crippen molar-refractivity contribution in [3.05, 3.63) is 29.3 Å². The van der Waals surface area contributed by atoms with Gasteiger partial charge in [-0.1, -0.05) is 11.8 Å². The lowest BCUT2D eigenvalue weighted by atomic mass is 10.1. The molecular weight excluding hydrogens is 270 g/mol. The van der Waals surface area contributed by atoms with Crippen LogP contribution >= 0.6 is 11.8 Å². The van der Waals surface area contributed by atoms with Crippen LogP contribution in [0.1, 0.15) is 24.0 Å². The van der Waals surface area contributed by atoms with Crippen LogP contribution in [0.15, 0.2) is 18.2 Å². The Hall–Kier alpha value is -1.15. The molecule has 1 aromatic rings. The van der Waals surface area contributed by atoms with Crippen molar-refractivity contribution < 1.29 is 9.47 Å². The lowest BCUT2D eigenvalue weighted by Gasteiger charge is -2.11. The van der Waals surface area contributed by atoms with Crippen LogP contribution in [0, 0.1) is 11.8 Å². The SMILES string of the molecule is COc1ccc(C#CCN)cc1CSCC1CCCO1. The van der Waals surface area contributed by atoms with Crippen molar-refractivity contribution in [3.8, 4) is 17.6 Å². The zero-order valence-electron chi connectivity index (χ0n) is 11.9. The molecule has 0 aliphatic carbocycles. The zero-order chi connectivity index (χ0) is 14.2. The molecule has 0 saturated carbocycles. The van der Waals surface area contributed by atoms with Crippen molar-refractivity contribution >= 4 is 11.8 Å². The van der Waals surface area contributed by atoms with E-state index in [1.54, 1.807) is 7.11 Å². The fourth-order valence-electron chi connectivity index (χ4n) is 2.20. The third-order valence-corrected chi connectivity index (χ3v) is 4.32. The molecule has 4 heteroatoms. The molecule has 1 saturated heterocycles. The van der Waals surface area contributed by atoms with Gasteiger partial charge in [0.1, 0.15) is 5.75 Å². The van der Waals surface area contributed by atoms with Crippen molar-refractivity contribution in [2.24, 2.45) is 5.73 Å². The van der Waals surface area contributed by atoms with E-state index in [4.69, 9.17) is 15.2 Å². The van der Waals surface area contributed by atoms with Gasteiger partial charge in [-0.3, -0.25) is 0 Å². The lowest BCUT2D eigenvalue weighted by molar-refractivity contribution is 0.129. The highest BCUT2D eigenvalue weighted by molar-refractivity contribution is 7.98. The maximum atomic E-state index is 5.64. The zero-order valence-corrected chi connectivity index (χ0v) is 12.7. The third kappa shape index (κ3) is 4.45. The van der Waals surface area contributed by atoms with Crippen molar-refractivity contribution in [2.45, 2.75) is 24.7 Å². The van der Waals surface area contributed by atoms with Crippen LogP contribution in [0.3, 0.4) is 0 Å². The van der Waals surface area contributed by atoms with Crippen molar-refractivity contribution in [2.75, 3.05) is 26.0 Å². The van der Waals surface area contributed by atoms with E-state index >= 15 is 0 Å². The van der Waals surface area contributed by atoms with Gasteiger partial charge in [0.05, 0.1) is 19.8 Å². The molecule has 1 atom stereocenters. The van der Waals surface area contributed by atoms with E-state index in [1.165, 1.54) is 18.4 Å². The van der Waals surface area contributed by atoms with E-state index in [2.05, 4.69) is 17.9 Å². The van der Waals surface area contributed by atoms with Crippen LogP contribution in [0.2, 0.25) is 0 Å². The van der Waals surface area contributed by atoms with E-state index in [-0.39, 0.29) is 0 Å². The molecule has 0 amide bonds. The van der Waals surface area contributed by atoms with E-state index in [0.29, 0.717) is 12.6 Å². The fourth-order valence-corrected chi connectivity index (χ4v) is 3.29. The van der Waals surface area contributed by atoms with Gasteiger partial charge < -0.3 is 15.2 Å². The number of rotatable bonds is 5. The summed E-state index contributed by atoms with van der Waals surface area (Å²) in [5.74, 6) is 8.82. The average Bonchev–Trinajstić information content (AvgIpc) is 2.98. The van der Waals surface area contributed by atoms with Crippen LogP contribution in [-0.2, 0) is 10.5 Å². The Kier molecular flexibility index (Phi) is 6.25. The van der Waals surface area contributed by atoms with Gasteiger partial charge in [0.15, 0.2) is 0 Å². The quantitative estimate of drug-likeness (QED) is 0.846. The van der Waals surface area contributed by atoms with Crippen LogP contribution in [0.5, 0.6) is 5.75 Å². The first-order chi connectivity index (χ1) is 9.83. The molecule has 2 N–H and O–H groups in total. The predicted molar refractivity (Wildman–Crippen MR) is 84.1 cm³/mol. The largest absolute Gasteiger partial charge is 0.496 e. The number of hydrogen-bond acceptors (Lipinski definition) is 4. The summed E-state index contributed by atoms with van der Waals surface area (Å²) >= 11 is 1.89. The fraction of sp³-hybridized carbons (Fsp3) is 0.500. The highest BCUT2D eigenvalue weighted by atomic mass is 32.2. The molecule has 3 nitrogen and oxygen atoms in total. The van der Waals surface area contributed by atoms with Crippen LogP contribution in [0.4, 0.5) is 0 Å². The molecule has 0 spiro atoms. The number of methoxy groups -OCH3 is 1. The van der Waals surface area contributed by atoms with Gasteiger partial charge in [0.25, 0.3) is 0 Å². The highest BCUT2D eigenvalue weighted by Gasteiger charge is 2.15. The predicted octanol–water partition coefficient (Wildman–Crippen LogP) is 2.42. The molecule has 1 unspecified atom stereocenters. The Labute approximate surface area is 125 Å². The second-order valence-electron chi connectivity index (χ2n) is 4.68. The van der Waals surface area contributed by atoms with E-state index < -0.39 is 0 Å². The third-order valence-electron chi connectivity index (χ3n) is 3.20. The first kappa shape index (κ1) is 15.2. The van der Waals surface area contributed by atoms with Crippen LogP contribution in [-0.4, -0.2) is 32.1 Å². The smallest absolute Gasteiger partial charge is 0.122 e. The number of thioether (sulfide) groups is 1. The second-order valence-corrected chi connectivity index (χ2v) is 5.71. The number of ether oxygens (including phenoxy) is 2. The van der Waals surface area contributed by atoms with Gasteiger partial charge in [0, 0.05) is 29.2 Å². The summed E-state index contributed by atoms with van der Waals surface area (Å²) in [7, 11) is 1.70. The Morgan fingerprint density at radius 2 is 2.40 bits per heavy atom. The Morgan fingerprint density at radius 1 is 1.50 bits per heavy atom. The first-order valence-corrected chi connectivity index (χ1v) is 8.04. The average molecular weight is 291 g/mol. The first-order valence-electron chi connectivity index (χ1n) is 6.88. The minimum Gasteiger partial charge on any atom is -0.496 e. The number of nitrogens with two attached hydrogens (primary N) is 1. The summed E-state index contributed by atoms with van der Waals surface area (Å²) in [4.78, 5) is 0. The molecule has 1 heterocycles. The molecule has 0 aromatic heterocycles. The van der Waals surface area contributed by atoms with E-state index in [1.807, 2.05) is 23.9 Å². The molecule has 1 aromatic carbocycles. The van der Waals surface area contributed by atoms with Gasteiger partial charge in [-0.25, -0.2) is 0 Å². The number of benzene rings is 1.